The van der Waals surface area contributed by atoms with E-state index in [1.807, 2.05) is 32.0 Å². The van der Waals surface area contributed by atoms with Gasteiger partial charge in [0.05, 0.1) is 23.7 Å². The van der Waals surface area contributed by atoms with Crippen molar-refractivity contribution in [2.75, 3.05) is 19.8 Å². The number of nitrogens with two attached hydrogens (primary N) is 1. The molecule has 0 aliphatic carbocycles. The summed E-state index contributed by atoms with van der Waals surface area (Å²) in [5.41, 5.74) is 6.47. The van der Waals surface area contributed by atoms with Gasteiger partial charge in [0.25, 0.3) is 6.02 Å². The third-order valence-corrected chi connectivity index (χ3v) is 6.96. The first kappa shape index (κ1) is 19.3. The van der Waals surface area contributed by atoms with Gasteiger partial charge in [-0.3, -0.25) is 9.78 Å². The lowest BCUT2D eigenvalue weighted by atomic mass is 9.55. The standard InChI is InChI=1S/C22H22ClN3O4/c1-20(2)21(10-28-11-21)22(12-29-19(24)26-22)15-7-13(3-4-18(15)30-20)8-17(27)14-5-6-25-9-16(14)23/h3-7,9H,8,10-12H2,1-2H3,(H2,24,26). The lowest BCUT2D eigenvalue weighted by Gasteiger charge is -2.61. The monoisotopic (exact) mass is 427 g/mol. The minimum Gasteiger partial charge on any atom is -0.487 e. The van der Waals surface area contributed by atoms with E-state index in [-0.39, 0.29) is 18.2 Å². The van der Waals surface area contributed by atoms with Gasteiger partial charge in [-0.25, -0.2) is 4.99 Å². The molecule has 0 bridgehead atoms. The van der Waals surface area contributed by atoms with Crippen molar-refractivity contribution in [1.82, 2.24) is 4.98 Å². The smallest absolute Gasteiger partial charge is 0.283 e. The number of hydrogen-bond acceptors (Lipinski definition) is 7. The van der Waals surface area contributed by atoms with Crippen LogP contribution in [0.4, 0.5) is 0 Å². The van der Waals surface area contributed by atoms with Crippen LogP contribution in [0.3, 0.4) is 0 Å². The number of benzene rings is 1. The number of nitrogens with zero attached hydrogens (tertiary/aromatic N) is 2. The van der Waals surface area contributed by atoms with Crippen molar-refractivity contribution in [2.24, 2.45) is 16.1 Å². The summed E-state index contributed by atoms with van der Waals surface area (Å²) in [6.07, 6.45) is 3.23. The van der Waals surface area contributed by atoms with Crippen molar-refractivity contribution in [2.45, 2.75) is 31.4 Å². The summed E-state index contributed by atoms with van der Waals surface area (Å²) in [6, 6.07) is 7.56. The fourth-order valence-electron chi connectivity index (χ4n) is 4.82. The molecule has 1 aromatic heterocycles. The molecule has 8 heteroatoms. The number of aliphatic imine (C=N–C) groups is 1. The van der Waals surface area contributed by atoms with Crippen molar-refractivity contribution in [1.29, 1.82) is 0 Å². The lowest BCUT2D eigenvalue weighted by molar-refractivity contribution is -0.247. The number of ketones is 1. The third kappa shape index (κ3) is 2.51. The number of hydrogen-bond donors (Lipinski definition) is 1. The number of carbonyl (C=O) groups excluding carboxylic acids is 1. The van der Waals surface area contributed by atoms with Crippen LogP contribution in [0.25, 0.3) is 0 Å². The van der Waals surface area contributed by atoms with Gasteiger partial charge in [-0.15, -0.1) is 0 Å². The Morgan fingerprint density at radius 3 is 2.67 bits per heavy atom. The summed E-state index contributed by atoms with van der Waals surface area (Å²) < 4.78 is 17.7. The first-order valence-corrected chi connectivity index (χ1v) is 10.2. The van der Waals surface area contributed by atoms with Gasteiger partial charge in [0.15, 0.2) is 5.78 Å². The molecule has 0 amide bonds. The number of rotatable bonds is 3. The number of fused-ring (bicyclic) bond motifs is 3. The van der Waals surface area contributed by atoms with E-state index in [1.54, 1.807) is 12.3 Å². The van der Waals surface area contributed by atoms with Gasteiger partial charge in [-0.05, 0) is 37.6 Å². The summed E-state index contributed by atoms with van der Waals surface area (Å²) in [5.74, 6) is 0.638. The van der Waals surface area contributed by atoms with Crippen LogP contribution in [-0.2, 0) is 21.4 Å². The molecule has 2 aromatic rings. The summed E-state index contributed by atoms with van der Waals surface area (Å²) in [7, 11) is 0. The highest BCUT2D eigenvalue weighted by Crippen LogP contribution is 2.62. The average molecular weight is 428 g/mol. The van der Waals surface area contributed by atoms with Crippen LogP contribution in [0, 0.1) is 5.41 Å². The number of halogens is 1. The maximum absolute atomic E-state index is 12.8. The van der Waals surface area contributed by atoms with Gasteiger partial charge in [0.2, 0.25) is 0 Å². The van der Waals surface area contributed by atoms with Gasteiger partial charge in [-0.1, -0.05) is 17.7 Å². The summed E-state index contributed by atoms with van der Waals surface area (Å²) >= 11 is 6.14. The van der Waals surface area contributed by atoms with Crippen molar-refractivity contribution in [3.63, 3.8) is 0 Å². The Morgan fingerprint density at radius 2 is 2.03 bits per heavy atom. The van der Waals surface area contributed by atoms with Crippen LogP contribution in [0.5, 0.6) is 5.75 Å². The molecule has 5 rings (SSSR count). The zero-order valence-electron chi connectivity index (χ0n) is 16.8. The number of carbonyl (C=O) groups is 1. The molecule has 3 aliphatic heterocycles. The lowest BCUT2D eigenvalue weighted by Crippen LogP contribution is -2.71. The van der Waals surface area contributed by atoms with Crippen LogP contribution < -0.4 is 10.5 Å². The van der Waals surface area contributed by atoms with Gasteiger partial charge >= 0.3 is 0 Å². The van der Waals surface area contributed by atoms with Crippen molar-refractivity contribution in [3.05, 3.63) is 58.4 Å². The van der Waals surface area contributed by atoms with E-state index in [9.17, 15) is 4.79 Å². The van der Waals surface area contributed by atoms with E-state index in [0.29, 0.717) is 30.4 Å². The molecule has 2 spiro atoms. The molecule has 1 atom stereocenters. The molecule has 0 saturated carbocycles. The van der Waals surface area contributed by atoms with Crippen LogP contribution in [0.2, 0.25) is 5.02 Å². The number of Topliss-reactive ketones (excluding diaryl/α,β-unsaturated/α-hetero) is 1. The molecular formula is C22H22ClN3O4. The van der Waals surface area contributed by atoms with Crippen LogP contribution >= 0.6 is 11.6 Å². The molecule has 1 aromatic carbocycles. The van der Waals surface area contributed by atoms with Gasteiger partial charge in [-0.2, -0.15) is 0 Å². The molecule has 1 saturated heterocycles. The second kappa shape index (κ2) is 6.43. The van der Waals surface area contributed by atoms with Crippen LogP contribution in [0.15, 0.2) is 41.7 Å². The van der Waals surface area contributed by atoms with Gasteiger partial charge < -0.3 is 19.9 Å². The minimum atomic E-state index is -0.722. The Morgan fingerprint density at radius 1 is 1.23 bits per heavy atom. The fraction of sp³-hybridized carbons (Fsp3) is 0.409. The van der Waals surface area contributed by atoms with Gasteiger partial charge in [0.1, 0.15) is 23.5 Å². The molecule has 0 radical (unpaired) electrons. The van der Waals surface area contributed by atoms with Crippen molar-refractivity contribution >= 4 is 23.4 Å². The Balaban J connectivity index is 1.58. The largest absolute Gasteiger partial charge is 0.487 e. The predicted octanol–water partition coefficient (Wildman–Crippen LogP) is 2.89. The van der Waals surface area contributed by atoms with E-state index < -0.39 is 16.6 Å². The Labute approximate surface area is 179 Å². The van der Waals surface area contributed by atoms with Crippen LogP contribution in [-0.4, -0.2) is 42.2 Å². The number of amidine groups is 1. The molecule has 2 N–H and O–H groups in total. The minimum absolute atomic E-state index is 0.0826. The molecule has 4 heterocycles. The van der Waals surface area contributed by atoms with E-state index in [1.165, 1.54) is 6.20 Å². The Hall–Kier alpha value is -2.64. The van der Waals surface area contributed by atoms with Crippen LogP contribution in [0.1, 0.15) is 35.3 Å². The highest BCUT2D eigenvalue weighted by Gasteiger charge is 2.71. The summed E-state index contributed by atoms with van der Waals surface area (Å²) in [5, 5.41) is 0.342. The van der Waals surface area contributed by atoms with E-state index >= 15 is 0 Å². The highest BCUT2D eigenvalue weighted by atomic mass is 35.5. The summed E-state index contributed by atoms with van der Waals surface area (Å²) in [6.45, 7) is 5.40. The number of ether oxygens (including phenoxy) is 3. The Bertz CT molecular complexity index is 1080. The molecule has 3 aliphatic rings. The second-order valence-corrected chi connectivity index (χ2v) is 8.98. The normalized spacial score (nSPS) is 25.1. The van der Waals surface area contributed by atoms with Gasteiger partial charge in [0, 0.05) is 29.9 Å². The van der Waals surface area contributed by atoms with E-state index in [4.69, 9.17) is 36.5 Å². The molecule has 30 heavy (non-hydrogen) atoms. The summed E-state index contributed by atoms with van der Waals surface area (Å²) in [4.78, 5) is 21.6. The van der Waals surface area contributed by atoms with Crippen molar-refractivity contribution < 1.29 is 19.0 Å². The molecule has 1 unspecified atom stereocenters. The number of aromatic nitrogens is 1. The first-order valence-electron chi connectivity index (χ1n) is 9.79. The number of pyridine rings is 1. The second-order valence-electron chi connectivity index (χ2n) is 8.57. The molecule has 1 fully saturated rings. The molecule has 156 valence electrons. The predicted molar refractivity (Wildman–Crippen MR) is 111 cm³/mol. The topological polar surface area (TPSA) is 96.0 Å². The zero-order chi connectivity index (χ0) is 21.1. The Kier molecular flexibility index (Phi) is 4.14. The quantitative estimate of drug-likeness (QED) is 0.756. The zero-order valence-corrected chi connectivity index (χ0v) is 17.5. The SMILES string of the molecule is CC1(C)Oc2ccc(CC(=O)c3ccncc3Cl)cc2C2(COC(N)=N2)C12COC2. The average Bonchev–Trinajstić information content (AvgIpc) is 3.03. The molecule has 7 nitrogen and oxygen atoms in total. The molecular weight excluding hydrogens is 406 g/mol. The first-order chi connectivity index (χ1) is 14.3. The van der Waals surface area contributed by atoms with E-state index in [2.05, 4.69) is 4.98 Å². The van der Waals surface area contributed by atoms with E-state index in [0.717, 1.165) is 16.9 Å². The van der Waals surface area contributed by atoms with Crippen molar-refractivity contribution in [3.8, 4) is 5.75 Å². The fourth-order valence-corrected chi connectivity index (χ4v) is 5.04. The highest BCUT2D eigenvalue weighted by molar-refractivity contribution is 6.33. The maximum atomic E-state index is 12.8. The third-order valence-electron chi connectivity index (χ3n) is 6.66. The maximum Gasteiger partial charge on any atom is 0.283 e.